The molecule has 0 bridgehead atoms. The molecule has 0 radical (unpaired) electrons. The summed E-state index contributed by atoms with van der Waals surface area (Å²) in [6.07, 6.45) is -0.664. The van der Waals surface area contributed by atoms with Crippen LogP contribution in [0.1, 0.15) is 22.1 Å². The average Bonchev–Trinajstić information content (AvgIpc) is 2.76. The molecule has 2 rings (SSSR count). The van der Waals surface area contributed by atoms with E-state index >= 15 is 0 Å². The molecule has 0 aliphatic rings. The summed E-state index contributed by atoms with van der Waals surface area (Å²) in [5.41, 5.74) is 1.69. The second kappa shape index (κ2) is 5.94. The van der Waals surface area contributed by atoms with Gasteiger partial charge in [-0.05, 0) is 52.2 Å². The van der Waals surface area contributed by atoms with Crippen LogP contribution in [0.15, 0.2) is 28.1 Å². The highest BCUT2D eigenvalue weighted by atomic mass is 79.9. The van der Waals surface area contributed by atoms with E-state index in [2.05, 4.69) is 15.9 Å². The van der Waals surface area contributed by atoms with Gasteiger partial charge in [-0.1, -0.05) is 6.07 Å². The number of aliphatic hydroxyl groups is 1. The Balaban J connectivity index is 2.39. The van der Waals surface area contributed by atoms with E-state index in [1.165, 1.54) is 0 Å². The van der Waals surface area contributed by atoms with Gasteiger partial charge in [0, 0.05) is 4.88 Å². The molecule has 0 saturated heterocycles. The van der Waals surface area contributed by atoms with E-state index < -0.39 is 6.10 Å². The molecular formula is C14H15BrO3S. The van der Waals surface area contributed by atoms with Gasteiger partial charge in [0.2, 0.25) is 0 Å². The third-order valence-electron chi connectivity index (χ3n) is 2.94. The minimum atomic E-state index is -0.664. The summed E-state index contributed by atoms with van der Waals surface area (Å²) in [4.78, 5) is 1.09. The minimum absolute atomic E-state index is 0.617. The normalized spacial score (nSPS) is 12.3. The summed E-state index contributed by atoms with van der Waals surface area (Å²) in [5, 5.41) is 10.5. The molecule has 3 nitrogen and oxygen atoms in total. The Hall–Kier alpha value is -1.04. The first-order valence-electron chi connectivity index (χ1n) is 5.72. The van der Waals surface area contributed by atoms with Crippen LogP contribution in [0.3, 0.4) is 0 Å². The molecule has 19 heavy (non-hydrogen) atoms. The van der Waals surface area contributed by atoms with Crippen LogP contribution in [0.5, 0.6) is 11.5 Å². The van der Waals surface area contributed by atoms with E-state index in [1.807, 2.05) is 19.1 Å². The predicted molar refractivity (Wildman–Crippen MR) is 80.4 cm³/mol. The highest BCUT2D eigenvalue weighted by Gasteiger charge is 2.17. The summed E-state index contributed by atoms with van der Waals surface area (Å²) < 4.78 is 11.5. The van der Waals surface area contributed by atoms with Crippen molar-refractivity contribution in [3.05, 3.63) is 44.1 Å². The Kier molecular flexibility index (Phi) is 4.50. The number of rotatable bonds is 4. The number of hydrogen-bond donors (Lipinski definition) is 1. The average molecular weight is 343 g/mol. The number of benzene rings is 1. The van der Waals surface area contributed by atoms with Gasteiger partial charge in [0.25, 0.3) is 0 Å². The molecule has 0 spiro atoms. The quantitative estimate of drug-likeness (QED) is 0.915. The molecule has 102 valence electrons. The van der Waals surface area contributed by atoms with Crippen molar-refractivity contribution in [1.29, 1.82) is 0 Å². The van der Waals surface area contributed by atoms with E-state index in [1.54, 1.807) is 37.7 Å². The lowest BCUT2D eigenvalue weighted by atomic mass is 10.0. The zero-order valence-corrected chi connectivity index (χ0v) is 13.3. The number of aliphatic hydroxyl groups excluding tert-OH is 1. The van der Waals surface area contributed by atoms with Gasteiger partial charge in [0.05, 0.1) is 18.0 Å². The molecule has 1 aromatic carbocycles. The lowest BCUT2D eigenvalue weighted by molar-refractivity contribution is 0.219. The van der Waals surface area contributed by atoms with Crippen LogP contribution >= 0.6 is 27.3 Å². The van der Waals surface area contributed by atoms with E-state index in [-0.39, 0.29) is 0 Å². The molecule has 0 aliphatic carbocycles. The SMILES string of the molecule is COc1ccc(C(O)c2cc(Br)sc2C)cc1OC. The van der Waals surface area contributed by atoms with Crippen molar-refractivity contribution in [1.82, 2.24) is 0 Å². The molecule has 1 heterocycles. The standard InChI is InChI=1S/C14H15BrO3S/c1-8-10(7-13(15)19-8)14(16)9-4-5-11(17-2)12(6-9)18-3/h4-7,14,16H,1-3H3. The topological polar surface area (TPSA) is 38.7 Å². The maximum atomic E-state index is 10.5. The fourth-order valence-electron chi connectivity index (χ4n) is 1.93. The summed E-state index contributed by atoms with van der Waals surface area (Å²) in [6, 6.07) is 7.39. The molecular weight excluding hydrogens is 328 g/mol. The second-order valence-corrected chi connectivity index (χ2v) is 6.71. The first-order valence-corrected chi connectivity index (χ1v) is 7.33. The number of thiophene rings is 1. The van der Waals surface area contributed by atoms with Crippen molar-refractivity contribution in [2.45, 2.75) is 13.0 Å². The Morgan fingerprint density at radius 2 is 1.84 bits per heavy atom. The molecule has 0 saturated carbocycles. The van der Waals surface area contributed by atoms with Gasteiger partial charge in [-0.3, -0.25) is 0 Å². The van der Waals surface area contributed by atoms with E-state index in [0.29, 0.717) is 11.5 Å². The maximum Gasteiger partial charge on any atom is 0.161 e. The van der Waals surface area contributed by atoms with Crippen LogP contribution in [-0.2, 0) is 0 Å². The Morgan fingerprint density at radius 1 is 1.16 bits per heavy atom. The van der Waals surface area contributed by atoms with Gasteiger partial charge >= 0.3 is 0 Å². The molecule has 5 heteroatoms. The Labute approximate surface area is 124 Å². The van der Waals surface area contributed by atoms with Crippen LogP contribution in [0.25, 0.3) is 0 Å². The van der Waals surface area contributed by atoms with Gasteiger partial charge in [-0.2, -0.15) is 0 Å². The summed E-state index contributed by atoms with van der Waals surface area (Å²) >= 11 is 5.05. The molecule has 0 aliphatic heterocycles. The zero-order valence-electron chi connectivity index (χ0n) is 10.9. The van der Waals surface area contributed by atoms with Crippen LogP contribution < -0.4 is 9.47 Å². The Bertz CT molecular complexity index is 580. The minimum Gasteiger partial charge on any atom is -0.493 e. The van der Waals surface area contributed by atoms with E-state index in [4.69, 9.17) is 9.47 Å². The summed E-state index contributed by atoms with van der Waals surface area (Å²) in [7, 11) is 3.18. The third kappa shape index (κ3) is 2.94. The number of methoxy groups -OCH3 is 2. The van der Waals surface area contributed by atoms with Crippen LogP contribution in [-0.4, -0.2) is 19.3 Å². The summed E-state index contributed by atoms with van der Waals surface area (Å²) in [5.74, 6) is 1.27. The number of aryl methyl sites for hydroxylation is 1. The van der Waals surface area contributed by atoms with Crippen molar-refractivity contribution >= 4 is 27.3 Å². The zero-order chi connectivity index (χ0) is 14.0. The van der Waals surface area contributed by atoms with Gasteiger partial charge in [-0.15, -0.1) is 11.3 Å². The van der Waals surface area contributed by atoms with Crippen molar-refractivity contribution in [3.63, 3.8) is 0 Å². The molecule has 1 unspecified atom stereocenters. The van der Waals surface area contributed by atoms with Gasteiger partial charge < -0.3 is 14.6 Å². The highest BCUT2D eigenvalue weighted by Crippen LogP contribution is 2.36. The van der Waals surface area contributed by atoms with Crippen molar-refractivity contribution in [3.8, 4) is 11.5 Å². The van der Waals surface area contributed by atoms with Gasteiger partial charge in [-0.25, -0.2) is 0 Å². The smallest absolute Gasteiger partial charge is 0.161 e. The summed E-state index contributed by atoms with van der Waals surface area (Å²) in [6.45, 7) is 1.99. The second-order valence-electron chi connectivity index (χ2n) is 4.08. The molecule has 1 N–H and O–H groups in total. The first kappa shape index (κ1) is 14.4. The van der Waals surface area contributed by atoms with Crippen LogP contribution in [0.2, 0.25) is 0 Å². The van der Waals surface area contributed by atoms with E-state index in [0.717, 1.165) is 19.8 Å². The molecule has 2 aromatic rings. The highest BCUT2D eigenvalue weighted by molar-refractivity contribution is 9.11. The fraction of sp³-hybridized carbons (Fsp3) is 0.286. The monoisotopic (exact) mass is 342 g/mol. The van der Waals surface area contributed by atoms with Crippen LogP contribution in [0, 0.1) is 6.92 Å². The van der Waals surface area contributed by atoms with Crippen molar-refractivity contribution in [2.75, 3.05) is 14.2 Å². The molecule has 1 atom stereocenters. The molecule has 0 fully saturated rings. The van der Waals surface area contributed by atoms with E-state index in [9.17, 15) is 5.11 Å². The number of halogens is 1. The maximum absolute atomic E-state index is 10.5. The Morgan fingerprint density at radius 3 is 2.37 bits per heavy atom. The molecule has 1 aromatic heterocycles. The first-order chi connectivity index (χ1) is 9.06. The number of ether oxygens (including phenoxy) is 2. The van der Waals surface area contributed by atoms with Gasteiger partial charge in [0.1, 0.15) is 6.10 Å². The largest absolute Gasteiger partial charge is 0.493 e. The van der Waals surface area contributed by atoms with Gasteiger partial charge in [0.15, 0.2) is 11.5 Å². The fourth-order valence-corrected chi connectivity index (χ4v) is 3.67. The lowest BCUT2D eigenvalue weighted by Gasteiger charge is -2.14. The lowest BCUT2D eigenvalue weighted by Crippen LogP contribution is -2.01. The number of hydrogen-bond acceptors (Lipinski definition) is 4. The third-order valence-corrected chi connectivity index (χ3v) is 4.51. The van der Waals surface area contributed by atoms with Crippen molar-refractivity contribution < 1.29 is 14.6 Å². The van der Waals surface area contributed by atoms with Crippen LogP contribution in [0.4, 0.5) is 0 Å². The molecule has 0 amide bonds. The predicted octanol–water partition coefficient (Wildman–Crippen LogP) is 3.92. The van der Waals surface area contributed by atoms with Crippen molar-refractivity contribution in [2.24, 2.45) is 0 Å².